The van der Waals surface area contributed by atoms with Crippen molar-refractivity contribution in [2.75, 3.05) is 0 Å². The van der Waals surface area contributed by atoms with E-state index in [0.29, 0.717) is 5.92 Å². The van der Waals surface area contributed by atoms with Crippen molar-refractivity contribution in [2.24, 2.45) is 5.92 Å². The molecule has 1 aromatic carbocycles. The normalized spacial score (nSPS) is 18.2. The lowest BCUT2D eigenvalue weighted by molar-refractivity contribution is -0.131. The summed E-state index contributed by atoms with van der Waals surface area (Å²) in [6.45, 7) is 2.25. The van der Waals surface area contributed by atoms with Crippen molar-refractivity contribution in [1.29, 1.82) is 0 Å². The molecule has 3 heteroatoms. The van der Waals surface area contributed by atoms with E-state index in [1.807, 2.05) is 0 Å². The molecule has 1 fully saturated rings. The molecule has 190 valence electrons. The van der Waals surface area contributed by atoms with Gasteiger partial charge in [0.05, 0.1) is 5.69 Å². The zero-order valence-corrected chi connectivity index (χ0v) is 21.8. The lowest BCUT2D eigenvalue weighted by Gasteiger charge is -2.29. The predicted octanol–water partition coefficient (Wildman–Crippen LogP) is 9.13. The SMILES string of the molecule is CCCCCc1ccc(-c2ccc(C3CCC(CCCCCCC/C=C/C(=O)O)CC3)cc2)nc1. The molecule has 0 saturated heterocycles. The minimum absolute atomic E-state index is 0.716. The Kier molecular flexibility index (Phi) is 12.1. The second-order valence-electron chi connectivity index (χ2n) is 10.4. The molecular weight excluding hydrogens is 430 g/mol. The van der Waals surface area contributed by atoms with Crippen molar-refractivity contribution in [3.63, 3.8) is 0 Å². The van der Waals surface area contributed by atoms with E-state index in [2.05, 4.69) is 49.5 Å². The van der Waals surface area contributed by atoms with Gasteiger partial charge in [0.2, 0.25) is 0 Å². The standard InChI is InChI=1S/C32H45NO2/c1-2-3-9-13-27-17-24-31(33-25-27)30-22-20-29(21-23-30)28-18-15-26(16-19-28)12-10-7-5-4-6-8-11-14-32(34)35/h11,14,17,20-26,28H,2-10,12-13,15-16,18-19H2,1H3,(H,34,35)/b14-11+. The fourth-order valence-corrected chi connectivity index (χ4v) is 5.44. The van der Waals surface area contributed by atoms with Crippen molar-refractivity contribution >= 4 is 5.97 Å². The highest BCUT2D eigenvalue weighted by Crippen LogP contribution is 2.38. The number of benzene rings is 1. The lowest BCUT2D eigenvalue weighted by atomic mass is 9.77. The van der Waals surface area contributed by atoms with Gasteiger partial charge in [-0.15, -0.1) is 0 Å². The van der Waals surface area contributed by atoms with Gasteiger partial charge in [-0.1, -0.05) is 88.3 Å². The molecule has 0 radical (unpaired) electrons. The molecular formula is C32H45NO2. The number of nitrogens with zero attached hydrogens (tertiary/aromatic N) is 1. The van der Waals surface area contributed by atoms with Crippen LogP contribution in [-0.2, 0) is 11.2 Å². The second-order valence-corrected chi connectivity index (χ2v) is 10.4. The maximum absolute atomic E-state index is 10.4. The minimum Gasteiger partial charge on any atom is -0.478 e. The van der Waals surface area contributed by atoms with Crippen LogP contribution in [0.4, 0.5) is 0 Å². The van der Waals surface area contributed by atoms with Gasteiger partial charge in [-0.2, -0.15) is 0 Å². The van der Waals surface area contributed by atoms with Gasteiger partial charge in [0.1, 0.15) is 0 Å². The van der Waals surface area contributed by atoms with Crippen LogP contribution in [0, 0.1) is 5.92 Å². The summed E-state index contributed by atoms with van der Waals surface area (Å²) in [6, 6.07) is 13.6. The fraction of sp³-hybridized carbons (Fsp3) is 0.562. The Morgan fingerprint density at radius 3 is 2.34 bits per heavy atom. The van der Waals surface area contributed by atoms with Crippen LogP contribution in [0.5, 0.6) is 0 Å². The summed E-state index contributed by atoms with van der Waals surface area (Å²) in [4.78, 5) is 15.2. The molecule has 0 aliphatic heterocycles. The number of carboxylic acid groups (broad SMARTS) is 1. The van der Waals surface area contributed by atoms with Gasteiger partial charge < -0.3 is 5.11 Å². The Hall–Kier alpha value is -2.42. The van der Waals surface area contributed by atoms with Crippen LogP contribution in [-0.4, -0.2) is 16.1 Å². The summed E-state index contributed by atoms with van der Waals surface area (Å²) < 4.78 is 0. The molecule has 1 aliphatic rings. The van der Waals surface area contributed by atoms with E-state index in [4.69, 9.17) is 10.1 Å². The number of rotatable bonds is 15. The van der Waals surface area contributed by atoms with Crippen LogP contribution in [0.1, 0.15) is 114 Å². The monoisotopic (exact) mass is 475 g/mol. The first-order valence-electron chi connectivity index (χ1n) is 14.1. The van der Waals surface area contributed by atoms with E-state index < -0.39 is 5.97 Å². The molecule has 1 N–H and O–H groups in total. The average molecular weight is 476 g/mol. The van der Waals surface area contributed by atoms with E-state index in [9.17, 15) is 4.79 Å². The Morgan fingerprint density at radius 1 is 0.914 bits per heavy atom. The van der Waals surface area contributed by atoms with Gasteiger partial charge in [0.25, 0.3) is 0 Å². The number of pyridine rings is 1. The number of hydrogen-bond donors (Lipinski definition) is 1. The van der Waals surface area contributed by atoms with Crippen molar-refractivity contribution < 1.29 is 9.90 Å². The van der Waals surface area contributed by atoms with Crippen LogP contribution in [0.3, 0.4) is 0 Å². The Bertz CT molecular complexity index is 877. The quantitative estimate of drug-likeness (QED) is 0.206. The third-order valence-corrected chi connectivity index (χ3v) is 7.66. The largest absolute Gasteiger partial charge is 0.478 e. The number of hydrogen-bond acceptors (Lipinski definition) is 2. The highest BCUT2D eigenvalue weighted by atomic mass is 16.4. The van der Waals surface area contributed by atoms with Gasteiger partial charge >= 0.3 is 5.97 Å². The number of unbranched alkanes of at least 4 members (excludes halogenated alkanes) is 7. The van der Waals surface area contributed by atoms with Crippen molar-refractivity contribution in [1.82, 2.24) is 4.98 Å². The summed E-state index contributed by atoms with van der Waals surface area (Å²) in [6.07, 6.45) is 23.9. The summed E-state index contributed by atoms with van der Waals surface area (Å²) in [5.74, 6) is 0.782. The maximum Gasteiger partial charge on any atom is 0.327 e. The lowest BCUT2D eigenvalue weighted by Crippen LogP contribution is -2.13. The number of aliphatic carboxylic acids is 1. The van der Waals surface area contributed by atoms with Crippen LogP contribution < -0.4 is 0 Å². The molecule has 3 rings (SSSR count). The van der Waals surface area contributed by atoms with Gasteiger partial charge in [-0.25, -0.2) is 4.79 Å². The maximum atomic E-state index is 10.4. The zero-order valence-electron chi connectivity index (χ0n) is 21.8. The number of carboxylic acids is 1. The molecule has 0 unspecified atom stereocenters. The Balaban J connectivity index is 1.32. The van der Waals surface area contributed by atoms with Crippen molar-refractivity contribution in [3.05, 3.63) is 65.9 Å². The highest BCUT2D eigenvalue weighted by molar-refractivity contribution is 5.79. The molecule has 1 aliphatic carbocycles. The highest BCUT2D eigenvalue weighted by Gasteiger charge is 2.22. The Morgan fingerprint density at radius 2 is 1.66 bits per heavy atom. The first-order valence-corrected chi connectivity index (χ1v) is 14.1. The van der Waals surface area contributed by atoms with Crippen molar-refractivity contribution in [3.8, 4) is 11.3 Å². The first-order chi connectivity index (χ1) is 17.2. The summed E-state index contributed by atoms with van der Waals surface area (Å²) >= 11 is 0. The van der Waals surface area contributed by atoms with Crippen LogP contribution in [0.15, 0.2) is 54.7 Å². The summed E-state index contributed by atoms with van der Waals surface area (Å²) in [5.41, 5.74) is 5.15. The topological polar surface area (TPSA) is 50.2 Å². The molecule has 0 atom stereocenters. The van der Waals surface area contributed by atoms with E-state index in [-0.39, 0.29) is 0 Å². The van der Waals surface area contributed by atoms with Crippen LogP contribution in [0.25, 0.3) is 11.3 Å². The molecule has 1 saturated carbocycles. The molecule has 1 heterocycles. The van der Waals surface area contributed by atoms with Gasteiger partial charge in [-0.05, 0) is 80.4 Å². The van der Waals surface area contributed by atoms with Gasteiger partial charge in [-0.3, -0.25) is 4.98 Å². The van der Waals surface area contributed by atoms with E-state index >= 15 is 0 Å². The van der Waals surface area contributed by atoms with E-state index in [0.717, 1.165) is 30.9 Å². The van der Waals surface area contributed by atoms with Crippen LogP contribution >= 0.6 is 0 Å². The van der Waals surface area contributed by atoms with Gasteiger partial charge in [0.15, 0.2) is 0 Å². The number of aryl methyl sites for hydroxylation is 1. The number of aromatic nitrogens is 1. The smallest absolute Gasteiger partial charge is 0.327 e. The first kappa shape index (κ1) is 27.2. The molecule has 1 aromatic heterocycles. The minimum atomic E-state index is -0.840. The van der Waals surface area contributed by atoms with Crippen LogP contribution in [0.2, 0.25) is 0 Å². The molecule has 0 amide bonds. The fourth-order valence-electron chi connectivity index (χ4n) is 5.44. The van der Waals surface area contributed by atoms with Crippen molar-refractivity contribution in [2.45, 2.75) is 109 Å². The molecule has 35 heavy (non-hydrogen) atoms. The molecule has 3 nitrogen and oxygen atoms in total. The molecule has 2 aromatic rings. The van der Waals surface area contributed by atoms with E-state index in [1.165, 1.54) is 99.8 Å². The predicted molar refractivity (Wildman–Crippen MR) is 147 cm³/mol. The zero-order chi connectivity index (χ0) is 24.7. The Labute approximate surface area is 213 Å². The number of allylic oxidation sites excluding steroid dienone is 1. The average Bonchev–Trinajstić information content (AvgIpc) is 2.89. The molecule has 0 spiro atoms. The molecule has 0 bridgehead atoms. The second kappa shape index (κ2) is 15.5. The van der Waals surface area contributed by atoms with Gasteiger partial charge in [0, 0.05) is 17.8 Å². The summed E-state index contributed by atoms with van der Waals surface area (Å²) in [5, 5.41) is 8.59. The van der Waals surface area contributed by atoms with E-state index in [1.54, 1.807) is 6.08 Å². The third kappa shape index (κ3) is 9.99. The third-order valence-electron chi connectivity index (χ3n) is 7.66. The summed E-state index contributed by atoms with van der Waals surface area (Å²) in [7, 11) is 0. The number of carbonyl (C=O) groups is 1.